The summed E-state index contributed by atoms with van der Waals surface area (Å²) in [6.07, 6.45) is 0.211. The van der Waals surface area contributed by atoms with Crippen LogP contribution in [0.5, 0.6) is 0 Å². The minimum atomic E-state index is -1.15. The number of carboxylic acids is 1. The minimum Gasteiger partial charge on any atom is -0.481 e. The van der Waals surface area contributed by atoms with E-state index in [1.165, 1.54) is 0 Å². The molecule has 5 heteroatoms. The highest BCUT2D eigenvalue weighted by Crippen LogP contribution is 2.44. The zero-order valence-electron chi connectivity index (χ0n) is 14.1. The molecule has 2 aromatic rings. The number of carbonyl (C=O) groups is 2. The zero-order valence-corrected chi connectivity index (χ0v) is 14.1. The van der Waals surface area contributed by atoms with Crippen LogP contribution in [0.1, 0.15) is 23.5 Å². The van der Waals surface area contributed by atoms with E-state index in [0.717, 1.165) is 22.3 Å². The molecule has 1 aliphatic carbocycles. The van der Waals surface area contributed by atoms with Gasteiger partial charge in [0.15, 0.2) is 5.92 Å². The molecule has 0 aliphatic heterocycles. The summed E-state index contributed by atoms with van der Waals surface area (Å²) in [5.41, 5.74) is 4.51. The molecule has 1 aliphatic rings. The molecule has 0 unspecified atom stereocenters. The molecule has 130 valence electrons. The van der Waals surface area contributed by atoms with Gasteiger partial charge in [0.25, 0.3) is 0 Å². The second kappa shape index (κ2) is 7.49. The molecule has 2 N–H and O–H groups in total. The van der Waals surface area contributed by atoms with E-state index in [-0.39, 0.29) is 18.9 Å². The summed E-state index contributed by atoms with van der Waals surface area (Å²) in [5.74, 6) is -3.02. The fraction of sp³-hybridized carbons (Fsp3) is 0.300. The number of carbonyl (C=O) groups excluding carboxylic acids is 1. The van der Waals surface area contributed by atoms with Crippen molar-refractivity contribution in [2.75, 3.05) is 20.2 Å². The van der Waals surface area contributed by atoms with Crippen LogP contribution in [0, 0.1) is 5.92 Å². The van der Waals surface area contributed by atoms with Crippen LogP contribution in [0.2, 0.25) is 0 Å². The first-order valence-corrected chi connectivity index (χ1v) is 8.35. The van der Waals surface area contributed by atoms with E-state index in [0.29, 0.717) is 6.54 Å². The molecule has 0 spiro atoms. The maximum Gasteiger partial charge on any atom is 0.320 e. The van der Waals surface area contributed by atoms with Gasteiger partial charge in [-0.1, -0.05) is 48.5 Å². The predicted molar refractivity (Wildman–Crippen MR) is 94.3 cm³/mol. The average Bonchev–Trinajstić information content (AvgIpc) is 2.94. The van der Waals surface area contributed by atoms with Crippen molar-refractivity contribution < 1.29 is 19.4 Å². The number of benzene rings is 2. The fourth-order valence-electron chi connectivity index (χ4n) is 3.34. The van der Waals surface area contributed by atoms with Crippen LogP contribution in [0.25, 0.3) is 11.1 Å². The molecule has 3 rings (SSSR count). The largest absolute Gasteiger partial charge is 0.481 e. The second-order valence-corrected chi connectivity index (χ2v) is 6.14. The minimum absolute atomic E-state index is 0.0601. The first-order chi connectivity index (χ1) is 12.1. The Hall–Kier alpha value is -2.66. The van der Waals surface area contributed by atoms with Crippen molar-refractivity contribution in [3.05, 3.63) is 59.7 Å². The lowest BCUT2D eigenvalue weighted by Crippen LogP contribution is -2.30. The van der Waals surface area contributed by atoms with Gasteiger partial charge in [-0.3, -0.25) is 9.59 Å². The zero-order chi connectivity index (χ0) is 17.8. The lowest BCUT2D eigenvalue weighted by atomic mass is 9.98. The second-order valence-electron chi connectivity index (χ2n) is 6.14. The predicted octanol–water partition coefficient (Wildman–Crippen LogP) is 2.65. The van der Waals surface area contributed by atoms with Crippen LogP contribution < -0.4 is 5.32 Å². The number of ether oxygens (including phenoxy) is 1. The molecule has 0 amide bonds. The van der Waals surface area contributed by atoms with Crippen LogP contribution in [0.15, 0.2) is 48.5 Å². The number of hydrogen-bond donors (Lipinski definition) is 2. The van der Waals surface area contributed by atoms with Gasteiger partial charge in [0.05, 0.1) is 0 Å². The molecule has 25 heavy (non-hydrogen) atoms. The highest BCUT2D eigenvalue weighted by molar-refractivity contribution is 5.94. The molecule has 5 nitrogen and oxygen atoms in total. The van der Waals surface area contributed by atoms with Gasteiger partial charge in [0.2, 0.25) is 0 Å². The molecule has 0 saturated heterocycles. The molecule has 0 fully saturated rings. The normalized spacial score (nSPS) is 13.8. The maximum atomic E-state index is 12.2. The van der Waals surface area contributed by atoms with Crippen LogP contribution in [-0.4, -0.2) is 37.2 Å². The maximum absolute atomic E-state index is 12.2. The number of esters is 1. The first-order valence-electron chi connectivity index (χ1n) is 8.35. The number of carboxylic acid groups (broad SMARTS) is 1. The van der Waals surface area contributed by atoms with E-state index >= 15 is 0 Å². The summed E-state index contributed by atoms with van der Waals surface area (Å²) in [7, 11) is 1.72. The highest BCUT2D eigenvalue weighted by atomic mass is 16.5. The summed E-state index contributed by atoms with van der Waals surface area (Å²) in [6.45, 7) is 0.595. The van der Waals surface area contributed by atoms with Gasteiger partial charge in [-0.25, -0.2) is 0 Å². The van der Waals surface area contributed by atoms with Gasteiger partial charge in [0.1, 0.15) is 6.61 Å². The van der Waals surface area contributed by atoms with Crippen LogP contribution in [0.4, 0.5) is 0 Å². The lowest BCUT2D eigenvalue weighted by molar-refractivity contribution is -0.159. The summed E-state index contributed by atoms with van der Waals surface area (Å²) >= 11 is 0. The Balaban J connectivity index is 1.77. The van der Waals surface area contributed by atoms with Crippen molar-refractivity contribution in [2.45, 2.75) is 12.3 Å². The quantitative estimate of drug-likeness (QED) is 0.599. The Morgan fingerprint density at radius 3 is 2.16 bits per heavy atom. The lowest BCUT2D eigenvalue weighted by Gasteiger charge is -2.16. The highest BCUT2D eigenvalue weighted by Gasteiger charge is 2.32. The van der Waals surface area contributed by atoms with Gasteiger partial charge < -0.3 is 15.2 Å². The van der Waals surface area contributed by atoms with Crippen molar-refractivity contribution in [3.8, 4) is 11.1 Å². The van der Waals surface area contributed by atoms with Gasteiger partial charge in [-0.05, 0) is 42.3 Å². The standard InChI is InChI=1S/C20H21NO4/c1-21-11-10-17(19(22)23)20(24)25-12-18-15-8-4-2-6-13(15)14-7-3-5-9-16(14)18/h2-9,17-18,21H,10-12H2,1H3,(H,22,23)/t17-/m0/s1. The van der Waals surface area contributed by atoms with Crippen molar-refractivity contribution in [1.82, 2.24) is 5.32 Å². The molecule has 0 bridgehead atoms. The van der Waals surface area contributed by atoms with Crippen molar-refractivity contribution >= 4 is 11.9 Å². The Kier molecular flexibility index (Phi) is 5.14. The SMILES string of the molecule is CNCC[C@@H](C(=O)O)C(=O)OCC1c2ccccc2-c2ccccc21. The van der Waals surface area contributed by atoms with E-state index in [9.17, 15) is 14.7 Å². The summed E-state index contributed by atoms with van der Waals surface area (Å²) < 4.78 is 5.41. The molecule has 0 saturated carbocycles. The third-order valence-electron chi connectivity index (χ3n) is 4.62. The number of nitrogens with one attached hydrogen (secondary N) is 1. The van der Waals surface area contributed by atoms with Crippen molar-refractivity contribution in [2.24, 2.45) is 5.92 Å². The van der Waals surface area contributed by atoms with Crippen LogP contribution >= 0.6 is 0 Å². The van der Waals surface area contributed by atoms with Crippen molar-refractivity contribution in [3.63, 3.8) is 0 Å². The summed E-state index contributed by atoms with van der Waals surface area (Å²) in [4.78, 5) is 23.6. The monoisotopic (exact) mass is 339 g/mol. The van der Waals surface area contributed by atoms with E-state index in [2.05, 4.69) is 17.4 Å². The number of hydrogen-bond acceptors (Lipinski definition) is 4. The molecular formula is C20H21NO4. The molecule has 0 radical (unpaired) electrons. The molecule has 1 atom stereocenters. The van der Waals surface area contributed by atoms with Crippen LogP contribution in [0.3, 0.4) is 0 Å². The molecule has 2 aromatic carbocycles. The molecule has 0 heterocycles. The summed E-state index contributed by atoms with van der Waals surface area (Å²) in [6, 6.07) is 16.1. The number of aliphatic carboxylic acids is 1. The number of fused-ring (bicyclic) bond motifs is 3. The Morgan fingerprint density at radius 1 is 1.08 bits per heavy atom. The van der Waals surface area contributed by atoms with Gasteiger partial charge in [-0.15, -0.1) is 0 Å². The van der Waals surface area contributed by atoms with E-state index in [1.807, 2.05) is 36.4 Å². The third-order valence-corrected chi connectivity index (χ3v) is 4.62. The number of rotatable bonds is 7. The van der Waals surface area contributed by atoms with E-state index in [1.54, 1.807) is 7.05 Å². The van der Waals surface area contributed by atoms with Gasteiger partial charge >= 0.3 is 11.9 Å². The molecule has 0 aromatic heterocycles. The third kappa shape index (κ3) is 3.42. The Labute approximate surface area is 146 Å². The average molecular weight is 339 g/mol. The topological polar surface area (TPSA) is 75.6 Å². The van der Waals surface area contributed by atoms with Gasteiger partial charge in [0, 0.05) is 5.92 Å². The van der Waals surface area contributed by atoms with E-state index < -0.39 is 17.9 Å². The van der Waals surface area contributed by atoms with E-state index in [4.69, 9.17) is 4.74 Å². The van der Waals surface area contributed by atoms with Crippen molar-refractivity contribution in [1.29, 1.82) is 0 Å². The Bertz CT molecular complexity index is 741. The fourth-order valence-corrected chi connectivity index (χ4v) is 3.34. The Morgan fingerprint density at radius 2 is 1.64 bits per heavy atom. The smallest absolute Gasteiger partial charge is 0.320 e. The first kappa shape index (κ1) is 17.2. The summed E-state index contributed by atoms with van der Waals surface area (Å²) in [5, 5.41) is 12.1. The van der Waals surface area contributed by atoms with Crippen LogP contribution in [-0.2, 0) is 14.3 Å². The van der Waals surface area contributed by atoms with Gasteiger partial charge in [-0.2, -0.15) is 0 Å². The molecular weight excluding hydrogens is 318 g/mol.